The maximum absolute atomic E-state index is 10.5. The molecule has 4 heteroatoms. The minimum Gasteiger partial charge on any atom is -0.455 e. The first-order valence-corrected chi connectivity index (χ1v) is 11.7. The van der Waals surface area contributed by atoms with Crippen molar-refractivity contribution in [2.45, 2.75) is 38.9 Å². The number of hydrogen-bond donors (Lipinski definition) is 1. The number of benzene rings is 4. The molecule has 5 aromatic rings. The number of rotatable bonds is 6. The zero-order chi connectivity index (χ0) is 23.9. The quantitative estimate of drug-likeness (QED) is 0.303. The minimum absolute atomic E-state index is 0.374. The smallest absolute Gasteiger partial charge is 0.310 e. The van der Waals surface area contributed by atoms with Crippen LogP contribution in [0.25, 0.3) is 44.2 Å². The van der Waals surface area contributed by atoms with Crippen LogP contribution < -0.4 is 5.46 Å². The Bertz CT molecular complexity index is 1450. The van der Waals surface area contributed by atoms with Crippen LogP contribution in [0, 0.1) is 0 Å². The van der Waals surface area contributed by atoms with Crippen LogP contribution in [-0.2, 0) is 4.65 Å². The maximum Gasteiger partial charge on any atom is 0.310 e. The van der Waals surface area contributed by atoms with E-state index in [9.17, 15) is 5.11 Å². The highest BCUT2D eigenvalue weighted by molar-refractivity contribution is 6.53. The summed E-state index contributed by atoms with van der Waals surface area (Å²) >= 11 is 0. The SMILES string of the molecule is CC(C)(O)C(C)(C)OBc1cccc2oc3c(-c4ccccc4)cc(-c4ccccc4)cc3c12. The molecule has 4 aromatic carbocycles. The molecule has 0 aliphatic rings. The van der Waals surface area contributed by atoms with Crippen molar-refractivity contribution in [3.8, 4) is 22.3 Å². The Morgan fingerprint density at radius 2 is 1.38 bits per heavy atom. The van der Waals surface area contributed by atoms with E-state index in [4.69, 9.17) is 9.07 Å². The highest BCUT2D eigenvalue weighted by atomic mass is 16.5. The van der Waals surface area contributed by atoms with Gasteiger partial charge in [-0.1, -0.05) is 72.8 Å². The Morgan fingerprint density at radius 1 is 0.735 bits per heavy atom. The molecule has 0 spiro atoms. The molecule has 0 aliphatic heterocycles. The molecule has 170 valence electrons. The van der Waals surface area contributed by atoms with Crippen molar-refractivity contribution in [3.05, 3.63) is 91.0 Å². The summed E-state index contributed by atoms with van der Waals surface area (Å²) in [5.74, 6) is 0. The van der Waals surface area contributed by atoms with Crippen LogP contribution in [0.15, 0.2) is 95.4 Å². The van der Waals surface area contributed by atoms with Gasteiger partial charge in [0.15, 0.2) is 0 Å². The third-order valence-electron chi connectivity index (χ3n) is 6.94. The third kappa shape index (κ3) is 4.04. The average Bonchev–Trinajstić information content (AvgIpc) is 3.22. The summed E-state index contributed by atoms with van der Waals surface area (Å²) in [5.41, 5.74) is 5.55. The zero-order valence-corrected chi connectivity index (χ0v) is 20.1. The highest BCUT2D eigenvalue weighted by Crippen LogP contribution is 2.39. The second kappa shape index (κ2) is 8.46. The van der Waals surface area contributed by atoms with Crippen LogP contribution >= 0.6 is 0 Å². The first-order chi connectivity index (χ1) is 16.2. The first kappa shape index (κ1) is 22.5. The summed E-state index contributed by atoms with van der Waals surface area (Å²) in [5, 5.41) is 12.7. The van der Waals surface area contributed by atoms with E-state index in [1.807, 2.05) is 38.1 Å². The second-order valence-electron chi connectivity index (χ2n) is 9.88. The van der Waals surface area contributed by atoms with Gasteiger partial charge in [0.2, 0.25) is 0 Å². The lowest BCUT2D eigenvalue weighted by atomic mass is 9.80. The Morgan fingerprint density at radius 3 is 2.03 bits per heavy atom. The number of aliphatic hydroxyl groups is 1. The molecule has 0 saturated carbocycles. The van der Waals surface area contributed by atoms with E-state index in [1.165, 1.54) is 0 Å². The van der Waals surface area contributed by atoms with E-state index in [0.717, 1.165) is 49.7 Å². The van der Waals surface area contributed by atoms with Gasteiger partial charge in [0.1, 0.15) is 11.2 Å². The lowest BCUT2D eigenvalue weighted by Gasteiger charge is -2.37. The standard InChI is InChI=1S/C30H29BO3/c1-29(2,32)30(3,4)34-31-25-16-11-17-26-27(25)24-19-22(20-12-7-5-8-13-20)18-23(28(24)33-26)21-14-9-6-10-15-21/h5-19,31-32H,1-4H3. The van der Waals surface area contributed by atoms with Crippen molar-refractivity contribution in [1.29, 1.82) is 0 Å². The Hall–Kier alpha value is -3.34. The van der Waals surface area contributed by atoms with Crippen LogP contribution in [0.4, 0.5) is 0 Å². The van der Waals surface area contributed by atoms with Gasteiger partial charge in [-0.25, -0.2) is 0 Å². The molecule has 1 aromatic heterocycles. The van der Waals surface area contributed by atoms with Crippen molar-refractivity contribution in [2.75, 3.05) is 0 Å². The summed E-state index contributed by atoms with van der Waals surface area (Å²) in [4.78, 5) is 0. The third-order valence-corrected chi connectivity index (χ3v) is 6.94. The van der Waals surface area contributed by atoms with Crippen LogP contribution in [0.2, 0.25) is 0 Å². The van der Waals surface area contributed by atoms with Crippen molar-refractivity contribution in [2.24, 2.45) is 0 Å². The Kier molecular flexibility index (Phi) is 5.59. The topological polar surface area (TPSA) is 42.6 Å². The Balaban J connectivity index is 1.73. The van der Waals surface area contributed by atoms with Crippen molar-refractivity contribution >= 4 is 34.9 Å². The molecule has 1 N–H and O–H groups in total. The van der Waals surface area contributed by atoms with E-state index in [2.05, 4.69) is 66.7 Å². The van der Waals surface area contributed by atoms with Gasteiger partial charge in [-0.2, -0.15) is 0 Å². The van der Waals surface area contributed by atoms with Gasteiger partial charge in [-0.3, -0.25) is 0 Å². The van der Waals surface area contributed by atoms with E-state index >= 15 is 0 Å². The van der Waals surface area contributed by atoms with Crippen LogP contribution in [0.5, 0.6) is 0 Å². The lowest BCUT2D eigenvalue weighted by molar-refractivity contribution is -0.0893. The maximum atomic E-state index is 10.5. The Labute approximate surface area is 201 Å². The largest absolute Gasteiger partial charge is 0.455 e. The lowest BCUT2D eigenvalue weighted by Crippen LogP contribution is -2.49. The first-order valence-electron chi connectivity index (χ1n) is 11.7. The van der Waals surface area contributed by atoms with Gasteiger partial charge >= 0.3 is 7.48 Å². The number of hydrogen-bond acceptors (Lipinski definition) is 3. The van der Waals surface area contributed by atoms with Crippen LogP contribution in [0.1, 0.15) is 27.7 Å². The van der Waals surface area contributed by atoms with Crippen molar-refractivity contribution in [1.82, 2.24) is 0 Å². The van der Waals surface area contributed by atoms with Gasteiger partial charge in [-0.05, 0) is 68.0 Å². The van der Waals surface area contributed by atoms with Gasteiger partial charge in [0, 0.05) is 16.3 Å². The van der Waals surface area contributed by atoms with Crippen LogP contribution in [-0.4, -0.2) is 23.8 Å². The molecule has 0 radical (unpaired) electrons. The molecule has 0 aliphatic carbocycles. The molecule has 1 heterocycles. The molecular formula is C30H29BO3. The van der Waals surface area contributed by atoms with Gasteiger partial charge in [-0.15, -0.1) is 0 Å². The molecule has 5 rings (SSSR count). The summed E-state index contributed by atoms with van der Waals surface area (Å²) in [6, 6.07) is 31.3. The molecule has 0 saturated heterocycles. The average molecular weight is 448 g/mol. The second-order valence-corrected chi connectivity index (χ2v) is 9.88. The van der Waals surface area contributed by atoms with Gasteiger partial charge in [0.05, 0.1) is 11.2 Å². The molecule has 34 heavy (non-hydrogen) atoms. The fourth-order valence-electron chi connectivity index (χ4n) is 4.19. The molecule has 0 fully saturated rings. The van der Waals surface area contributed by atoms with Crippen molar-refractivity contribution in [3.63, 3.8) is 0 Å². The van der Waals surface area contributed by atoms with E-state index in [1.54, 1.807) is 13.8 Å². The summed E-state index contributed by atoms with van der Waals surface area (Å²) < 4.78 is 12.7. The summed E-state index contributed by atoms with van der Waals surface area (Å²) in [7, 11) is 0.374. The summed E-state index contributed by atoms with van der Waals surface area (Å²) in [6.45, 7) is 7.39. The highest BCUT2D eigenvalue weighted by Gasteiger charge is 2.36. The van der Waals surface area contributed by atoms with E-state index < -0.39 is 11.2 Å². The monoisotopic (exact) mass is 448 g/mol. The number of furan rings is 1. The molecular weight excluding hydrogens is 419 g/mol. The number of fused-ring (bicyclic) bond motifs is 3. The van der Waals surface area contributed by atoms with Crippen molar-refractivity contribution < 1.29 is 14.2 Å². The molecule has 0 atom stereocenters. The predicted octanol–water partition coefficient (Wildman–Crippen LogP) is 6.46. The summed E-state index contributed by atoms with van der Waals surface area (Å²) in [6.07, 6.45) is 0. The normalized spacial score (nSPS) is 12.4. The predicted molar refractivity (Wildman–Crippen MR) is 143 cm³/mol. The van der Waals surface area contributed by atoms with E-state index in [-0.39, 0.29) is 0 Å². The fraction of sp³-hybridized carbons (Fsp3) is 0.200. The zero-order valence-electron chi connectivity index (χ0n) is 20.1. The van der Waals surface area contributed by atoms with Gasteiger partial charge < -0.3 is 14.2 Å². The molecule has 0 bridgehead atoms. The van der Waals surface area contributed by atoms with E-state index in [0.29, 0.717) is 7.48 Å². The molecule has 3 nitrogen and oxygen atoms in total. The van der Waals surface area contributed by atoms with Gasteiger partial charge in [0.25, 0.3) is 0 Å². The molecule has 0 unspecified atom stereocenters. The minimum atomic E-state index is -0.972. The van der Waals surface area contributed by atoms with Crippen LogP contribution in [0.3, 0.4) is 0 Å². The fourth-order valence-corrected chi connectivity index (χ4v) is 4.19. The molecule has 0 amide bonds.